The van der Waals surface area contributed by atoms with Crippen LogP contribution in [0.5, 0.6) is 17.2 Å². The van der Waals surface area contributed by atoms with E-state index in [0.29, 0.717) is 13.0 Å². The van der Waals surface area contributed by atoms with Gasteiger partial charge in [-0.1, -0.05) is 67.4 Å². The van der Waals surface area contributed by atoms with E-state index in [1.54, 1.807) is 7.11 Å². The van der Waals surface area contributed by atoms with E-state index in [2.05, 4.69) is 6.07 Å². The Bertz CT molecular complexity index is 1210. The van der Waals surface area contributed by atoms with Crippen molar-refractivity contribution in [3.63, 3.8) is 0 Å². The van der Waals surface area contributed by atoms with Crippen molar-refractivity contribution in [2.24, 2.45) is 5.92 Å². The fraction of sp³-hybridized carbons (Fsp3) is 0.367. The van der Waals surface area contributed by atoms with E-state index in [4.69, 9.17) is 9.47 Å². The van der Waals surface area contributed by atoms with Crippen LogP contribution < -0.4 is 9.47 Å². The highest BCUT2D eigenvalue weighted by molar-refractivity contribution is 5.90. The van der Waals surface area contributed by atoms with Crippen LogP contribution in [0.1, 0.15) is 60.8 Å². The highest BCUT2D eigenvalue weighted by Crippen LogP contribution is 2.53. The topological polar surface area (TPSA) is 59.0 Å². The number of piperidine rings is 1. The van der Waals surface area contributed by atoms with E-state index in [1.807, 2.05) is 71.6 Å². The summed E-state index contributed by atoms with van der Waals surface area (Å²) in [6.45, 7) is 0.510. The summed E-state index contributed by atoms with van der Waals surface area (Å²) >= 11 is 0. The molecule has 2 fully saturated rings. The maximum atomic E-state index is 14.6. The van der Waals surface area contributed by atoms with Crippen molar-refractivity contribution in [1.29, 1.82) is 0 Å². The molecule has 0 bridgehead atoms. The number of amides is 1. The molecule has 2 heterocycles. The molecule has 0 unspecified atom stereocenters. The lowest BCUT2D eigenvalue weighted by Gasteiger charge is -2.53. The van der Waals surface area contributed by atoms with Crippen LogP contribution in [-0.4, -0.2) is 35.2 Å². The summed E-state index contributed by atoms with van der Waals surface area (Å²) in [5, 5.41) is 11.7. The third-order valence-corrected chi connectivity index (χ3v) is 8.24. The van der Waals surface area contributed by atoms with Crippen LogP contribution >= 0.6 is 0 Å². The molecule has 3 atom stereocenters. The number of likely N-dealkylation sites (tertiary alicyclic amines) is 1. The molecule has 3 aromatic carbocycles. The van der Waals surface area contributed by atoms with Crippen molar-refractivity contribution in [2.75, 3.05) is 13.7 Å². The minimum absolute atomic E-state index is 0.0319. The molecule has 3 aliphatic rings. The van der Waals surface area contributed by atoms with Gasteiger partial charge in [0.15, 0.2) is 0 Å². The van der Waals surface area contributed by atoms with E-state index in [1.165, 1.54) is 0 Å². The first-order valence-corrected chi connectivity index (χ1v) is 12.6. The van der Waals surface area contributed by atoms with Gasteiger partial charge in [0.05, 0.1) is 24.7 Å². The summed E-state index contributed by atoms with van der Waals surface area (Å²) < 4.78 is 11.9. The Balaban J connectivity index is 1.48. The van der Waals surface area contributed by atoms with Crippen LogP contribution in [0, 0.1) is 5.92 Å². The van der Waals surface area contributed by atoms with Crippen molar-refractivity contribution in [3.05, 3.63) is 89.5 Å². The fourth-order valence-corrected chi connectivity index (χ4v) is 6.57. The number of aliphatic hydroxyl groups is 1. The van der Waals surface area contributed by atoms with Gasteiger partial charge in [0.25, 0.3) is 0 Å². The summed E-state index contributed by atoms with van der Waals surface area (Å²) in [6, 6.07) is 23.4. The van der Waals surface area contributed by atoms with Gasteiger partial charge in [-0.25, -0.2) is 0 Å². The van der Waals surface area contributed by atoms with E-state index in [9.17, 15) is 9.90 Å². The number of rotatable bonds is 3. The smallest absolute Gasteiger partial charge is 0.235 e. The molecule has 35 heavy (non-hydrogen) atoms. The summed E-state index contributed by atoms with van der Waals surface area (Å²) in [7, 11) is 1.67. The second-order valence-electron chi connectivity index (χ2n) is 10.0. The van der Waals surface area contributed by atoms with Crippen molar-refractivity contribution >= 4 is 5.91 Å². The third kappa shape index (κ3) is 3.61. The van der Waals surface area contributed by atoms with Crippen LogP contribution in [0.4, 0.5) is 0 Å². The van der Waals surface area contributed by atoms with Gasteiger partial charge in [0.2, 0.25) is 5.91 Å². The number of benzene rings is 3. The number of fused-ring (bicyclic) bond motifs is 3. The molecule has 1 amide bonds. The summed E-state index contributed by atoms with van der Waals surface area (Å²) in [5.74, 6) is 1.78. The largest absolute Gasteiger partial charge is 0.496 e. The van der Waals surface area contributed by atoms with Gasteiger partial charge in [0, 0.05) is 29.2 Å². The Labute approximate surface area is 206 Å². The molecule has 5 nitrogen and oxygen atoms in total. The number of carbonyl (C=O) groups is 1. The van der Waals surface area contributed by atoms with Crippen LogP contribution in [-0.2, 0) is 4.79 Å². The van der Waals surface area contributed by atoms with Gasteiger partial charge in [-0.15, -0.1) is 0 Å². The van der Waals surface area contributed by atoms with Gasteiger partial charge in [0.1, 0.15) is 17.2 Å². The molecule has 1 saturated heterocycles. The monoisotopic (exact) mass is 469 g/mol. The standard InChI is InChI=1S/C30H31NO4/c1-34-24-14-5-4-12-22(24)28-23-13-8-9-17-30(23,33)18-19-31(28)29(32)27-20-10-2-6-15-25(20)35-26-16-7-3-11-21(26)27/h2-7,10-12,14-16,23,27-28,33H,8-9,13,17-19H2,1H3/t23-,28-,30-/m1/s1. The molecule has 3 aromatic rings. The van der Waals surface area contributed by atoms with Crippen molar-refractivity contribution in [2.45, 2.75) is 49.7 Å². The van der Waals surface area contributed by atoms with Crippen molar-refractivity contribution < 1.29 is 19.4 Å². The number of methoxy groups -OCH3 is 1. The maximum absolute atomic E-state index is 14.6. The third-order valence-electron chi connectivity index (χ3n) is 8.24. The second kappa shape index (κ2) is 8.72. The number of carbonyl (C=O) groups excluding carboxylic acids is 1. The predicted molar refractivity (Wildman–Crippen MR) is 134 cm³/mol. The molecular weight excluding hydrogens is 438 g/mol. The van der Waals surface area contributed by atoms with Gasteiger partial charge in [-0.3, -0.25) is 4.79 Å². The number of nitrogens with zero attached hydrogens (tertiary/aromatic N) is 1. The zero-order valence-corrected chi connectivity index (χ0v) is 20.0. The normalized spacial score (nSPS) is 25.6. The van der Waals surface area contributed by atoms with E-state index in [-0.39, 0.29) is 17.9 Å². The van der Waals surface area contributed by atoms with Crippen molar-refractivity contribution in [3.8, 4) is 17.2 Å². The van der Waals surface area contributed by atoms with Crippen LogP contribution in [0.2, 0.25) is 0 Å². The average molecular weight is 470 g/mol. The highest BCUT2D eigenvalue weighted by Gasteiger charge is 2.52. The molecule has 0 spiro atoms. The second-order valence-corrected chi connectivity index (χ2v) is 10.0. The Morgan fingerprint density at radius 3 is 2.23 bits per heavy atom. The SMILES string of the molecule is COc1ccccc1[C@@H]1[C@H]2CCCC[C@@]2(O)CCN1C(=O)C1c2ccccc2Oc2ccccc21. The van der Waals surface area contributed by atoms with Gasteiger partial charge < -0.3 is 19.5 Å². The van der Waals surface area contributed by atoms with Crippen molar-refractivity contribution in [1.82, 2.24) is 4.90 Å². The Kier molecular flexibility index (Phi) is 5.53. The molecule has 6 rings (SSSR count). The number of hydrogen-bond donors (Lipinski definition) is 1. The lowest BCUT2D eigenvalue weighted by Crippen LogP contribution is -2.57. The predicted octanol–water partition coefficient (Wildman–Crippen LogP) is 5.83. The lowest BCUT2D eigenvalue weighted by molar-refractivity contribution is -0.156. The molecular formula is C30H31NO4. The molecule has 0 radical (unpaired) electrons. The van der Waals surface area contributed by atoms with E-state index >= 15 is 0 Å². The first-order valence-electron chi connectivity index (χ1n) is 12.6. The van der Waals surface area contributed by atoms with Crippen LogP contribution in [0.25, 0.3) is 0 Å². The maximum Gasteiger partial charge on any atom is 0.235 e. The number of ether oxygens (including phenoxy) is 2. The average Bonchev–Trinajstić information content (AvgIpc) is 2.90. The lowest BCUT2D eigenvalue weighted by atomic mass is 9.65. The highest BCUT2D eigenvalue weighted by atomic mass is 16.5. The molecule has 2 aliphatic heterocycles. The zero-order valence-electron chi connectivity index (χ0n) is 20.0. The van der Waals surface area contributed by atoms with Crippen LogP contribution in [0.3, 0.4) is 0 Å². The Morgan fingerprint density at radius 1 is 0.914 bits per heavy atom. The minimum Gasteiger partial charge on any atom is -0.496 e. The molecule has 1 saturated carbocycles. The van der Waals surface area contributed by atoms with Gasteiger partial charge >= 0.3 is 0 Å². The van der Waals surface area contributed by atoms with E-state index < -0.39 is 11.5 Å². The number of hydrogen-bond acceptors (Lipinski definition) is 4. The Hall–Kier alpha value is -3.31. The molecule has 1 aliphatic carbocycles. The molecule has 5 heteroatoms. The van der Waals surface area contributed by atoms with Gasteiger partial charge in [-0.2, -0.15) is 0 Å². The quantitative estimate of drug-likeness (QED) is 0.525. The summed E-state index contributed by atoms with van der Waals surface area (Å²) in [6.07, 6.45) is 4.36. The van der Waals surface area contributed by atoms with Gasteiger partial charge in [-0.05, 0) is 37.5 Å². The first kappa shape index (κ1) is 22.2. The molecule has 180 valence electrons. The summed E-state index contributed by atoms with van der Waals surface area (Å²) in [5.41, 5.74) is 1.99. The minimum atomic E-state index is -0.758. The first-order chi connectivity index (χ1) is 17.1. The van der Waals surface area contributed by atoms with Crippen LogP contribution in [0.15, 0.2) is 72.8 Å². The Morgan fingerprint density at radius 2 is 1.54 bits per heavy atom. The molecule has 1 N–H and O–H groups in total. The summed E-state index contributed by atoms with van der Waals surface area (Å²) in [4.78, 5) is 16.6. The fourth-order valence-electron chi connectivity index (χ4n) is 6.57. The van der Waals surface area contributed by atoms with E-state index in [0.717, 1.165) is 59.6 Å². The zero-order chi connectivity index (χ0) is 24.0. The number of para-hydroxylation sites is 3. The molecule has 0 aromatic heterocycles.